The van der Waals surface area contributed by atoms with Gasteiger partial charge >= 0.3 is 0 Å². The van der Waals surface area contributed by atoms with Gasteiger partial charge in [0.15, 0.2) is 0 Å². The van der Waals surface area contributed by atoms with Crippen LogP contribution in [-0.2, 0) is 0 Å². The topological polar surface area (TPSA) is 41.5 Å². The van der Waals surface area contributed by atoms with Crippen LogP contribution in [0.15, 0.2) is 41.5 Å². The molecule has 3 nitrogen and oxygen atoms in total. The minimum absolute atomic E-state index is 0.150. The average molecular weight is 270 g/mol. The van der Waals surface area contributed by atoms with E-state index in [0.29, 0.717) is 17.4 Å². The van der Waals surface area contributed by atoms with Crippen LogP contribution in [-0.4, -0.2) is 12.1 Å². The van der Waals surface area contributed by atoms with Gasteiger partial charge in [-0.2, -0.15) is 5.10 Å². The molecule has 1 aromatic carbocycles. The van der Waals surface area contributed by atoms with Crippen molar-refractivity contribution in [3.05, 3.63) is 47.5 Å². The lowest BCUT2D eigenvalue weighted by Gasteiger charge is -2.11. The Morgan fingerprint density at radius 1 is 1.30 bits per heavy atom. The fourth-order valence-electron chi connectivity index (χ4n) is 2.24. The lowest BCUT2D eigenvalue weighted by atomic mass is 9.96. The van der Waals surface area contributed by atoms with Crippen LogP contribution in [0.25, 0.3) is 0 Å². The standard InChI is InChI=1S/C17H22N2O/c1-13(2)15-8-10-16(11-9-15)17(20)19-18-12-14-6-4-3-5-7-14/h3-4,8-14H,5-7H2,1-2H3,(H,19,20). The second-order valence-corrected chi connectivity index (χ2v) is 5.54. The van der Waals surface area contributed by atoms with Crippen LogP contribution in [0.1, 0.15) is 54.9 Å². The van der Waals surface area contributed by atoms with Crippen LogP contribution in [0.2, 0.25) is 0 Å². The summed E-state index contributed by atoms with van der Waals surface area (Å²) >= 11 is 0. The third-order valence-electron chi connectivity index (χ3n) is 3.60. The summed E-state index contributed by atoms with van der Waals surface area (Å²) in [5.74, 6) is 0.774. The number of hydrogen-bond donors (Lipinski definition) is 1. The number of carbonyl (C=O) groups excluding carboxylic acids is 1. The predicted octanol–water partition coefficient (Wildman–Crippen LogP) is 3.88. The number of carbonyl (C=O) groups is 1. The first kappa shape index (κ1) is 14.5. The lowest BCUT2D eigenvalue weighted by Crippen LogP contribution is -2.18. The van der Waals surface area contributed by atoms with E-state index in [1.165, 1.54) is 5.56 Å². The number of hydrogen-bond acceptors (Lipinski definition) is 2. The van der Waals surface area contributed by atoms with Crippen molar-refractivity contribution in [1.29, 1.82) is 0 Å². The van der Waals surface area contributed by atoms with Gasteiger partial charge in [-0.3, -0.25) is 4.79 Å². The highest BCUT2D eigenvalue weighted by Crippen LogP contribution is 2.16. The summed E-state index contributed by atoms with van der Waals surface area (Å²) in [6.45, 7) is 4.27. The molecule has 1 unspecified atom stereocenters. The molecule has 0 bridgehead atoms. The molecule has 0 aromatic heterocycles. The van der Waals surface area contributed by atoms with E-state index < -0.39 is 0 Å². The third-order valence-corrected chi connectivity index (χ3v) is 3.60. The van der Waals surface area contributed by atoms with Gasteiger partial charge in [0.1, 0.15) is 0 Å². The minimum Gasteiger partial charge on any atom is -0.267 e. The molecule has 0 saturated heterocycles. The summed E-state index contributed by atoms with van der Waals surface area (Å²) in [5.41, 5.74) is 4.48. The van der Waals surface area contributed by atoms with Crippen molar-refractivity contribution in [3.63, 3.8) is 0 Å². The summed E-state index contributed by atoms with van der Waals surface area (Å²) < 4.78 is 0. The molecule has 2 rings (SSSR count). The molecule has 0 spiro atoms. The molecule has 1 amide bonds. The van der Waals surface area contributed by atoms with Crippen LogP contribution < -0.4 is 5.43 Å². The Morgan fingerprint density at radius 2 is 2.05 bits per heavy atom. The summed E-state index contributed by atoms with van der Waals surface area (Å²) in [7, 11) is 0. The molecule has 1 aromatic rings. The number of benzene rings is 1. The molecule has 20 heavy (non-hydrogen) atoms. The van der Waals surface area contributed by atoms with E-state index in [2.05, 4.69) is 36.5 Å². The summed E-state index contributed by atoms with van der Waals surface area (Å²) in [4.78, 5) is 11.9. The van der Waals surface area contributed by atoms with Crippen molar-refractivity contribution in [3.8, 4) is 0 Å². The maximum Gasteiger partial charge on any atom is 0.271 e. The first-order valence-electron chi connectivity index (χ1n) is 7.25. The molecule has 1 aliphatic rings. The number of nitrogens with zero attached hydrogens (tertiary/aromatic N) is 1. The number of rotatable bonds is 4. The van der Waals surface area contributed by atoms with E-state index in [9.17, 15) is 4.79 Å². The van der Waals surface area contributed by atoms with Gasteiger partial charge in [-0.1, -0.05) is 38.1 Å². The van der Waals surface area contributed by atoms with Crippen LogP contribution >= 0.6 is 0 Å². The Labute approximate surface area is 120 Å². The van der Waals surface area contributed by atoms with Gasteiger partial charge in [-0.25, -0.2) is 5.43 Å². The largest absolute Gasteiger partial charge is 0.271 e. The Bertz CT molecular complexity index is 500. The second kappa shape index (κ2) is 7.04. The van der Waals surface area contributed by atoms with Crippen molar-refractivity contribution in [2.24, 2.45) is 11.0 Å². The zero-order valence-electron chi connectivity index (χ0n) is 12.2. The summed E-state index contributed by atoms with van der Waals surface area (Å²) in [5, 5.41) is 4.07. The molecule has 0 saturated carbocycles. The van der Waals surface area contributed by atoms with Gasteiger partial charge in [0, 0.05) is 11.8 Å². The highest BCUT2D eigenvalue weighted by atomic mass is 16.2. The molecule has 0 fully saturated rings. The Balaban J connectivity index is 1.88. The first-order chi connectivity index (χ1) is 9.66. The molecule has 1 N–H and O–H groups in total. The molecule has 0 radical (unpaired) electrons. The summed E-state index contributed by atoms with van der Waals surface area (Å²) in [6.07, 6.45) is 9.44. The van der Waals surface area contributed by atoms with Crippen molar-refractivity contribution in [2.45, 2.75) is 39.0 Å². The van der Waals surface area contributed by atoms with E-state index in [1.807, 2.05) is 30.5 Å². The second-order valence-electron chi connectivity index (χ2n) is 5.54. The van der Waals surface area contributed by atoms with Crippen molar-refractivity contribution < 1.29 is 4.79 Å². The highest BCUT2D eigenvalue weighted by molar-refractivity contribution is 5.94. The number of nitrogens with one attached hydrogen (secondary N) is 1. The van der Waals surface area contributed by atoms with Crippen LogP contribution in [0.3, 0.4) is 0 Å². The fraction of sp³-hybridized carbons (Fsp3) is 0.412. The van der Waals surface area contributed by atoms with Gasteiger partial charge in [0.25, 0.3) is 5.91 Å². The minimum atomic E-state index is -0.150. The quantitative estimate of drug-likeness (QED) is 0.503. The van der Waals surface area contributed by atoms with E-state index in [0.717, 1.165) is 19.3 Å². The average Bonchev–Trinajstić information content (AvgIpc) is 2.48. The maximum atomic E-state index is 11.9. The fourth-order valence-corrected chi connectivity index (χ4v) is 2.24. The molecular formula is C17H22N2O. The normalized spacial score (nSPS) is 18.6. The molecule has 1 atom stereocenters. The van der Waals surface area contributed by atoms with E-state index in [-0.39, 0.29) is 5.91 Å². The van der Waals surface area contributed by atoms with Crippen LogP contribution in [0.5, 0.6) is 0 Å². The van der Waals surface area contributed by atoms with Crippen molar-refractivity contribution >= 4 is 12.1 Å². The van der Waals surface area contributed by atoms with E-state index in [4.69, 9.17) is 0 Å². The van der Waals surface area contributed by atoms with Crippen molar-refractivity contribution in [2.75, 3.05) is 0 Å². The highest BCUT2D eigenvalue weighted by Gasteiger charge is 2.08. The molecule has 0 aliphatic heterocycles. The first-order valence-corrected chi connectivity index (χ1v) is 7.25. The lowest BCUT2D eigenvalue weighted by molar-refractivity contribution is 0.0955. The Hall–Kier alpha value is -1.90. The smallest absolute Gasteiger partial charge is 0.267 e. The van der Waals surface area contributed by atoms with Gasteiger partial charge < -0.3 is 0 Å². The predicted molar refractivity (Wildman–Crippen MR) is 83.0 cm³/mol. The van der Waals surface area contributed by atoms with E-state index >= 15 is 0 Å². The molecule has 106 valence electrons. The van der Waals surface area contributed by atoms with Crippen LogP contribution in [0.4, 0.5) is 0 Å². The van der Waals surface area contributed by atoms with Crippen LogP contribution in [0, 0.1) is 5.92 Å². The number of amides is 1. The Morgan fingerprint density at radius 3 is 2.65 bits per heavy atom. The SMILES string of the molecule is CC(C)c1ccc(C(=O)NN=CC2CC=CCC2)cc1. The molecule has 0 heterocycles. The van der Waals surface area contributed by atoms with Gasteiger partial charge in [-0.05, 0) is 48.8 Å². The van der Waals surface area contributed by atoms with Gasteiger partial charge in [-0.15, -0.1) is 0 Å². The van der Waals surface area contributed by atoms with Crippen molar-refractivity contribution in [1.82, 2.24) is 5.43 Å². The third kappa shape index (κ3) is 4.05. The van der Waals surface area contributed by atoms with Gasteiger partial charge in [0.05, 0.1) is 0 Å². The van der Waals surface area contributed by atoms with E-state index in [1.54, 1.807) is 0 Å². The molecular weight excluding hydrogens is 248 g/mol. The molecule has 3 heteroatoms. The zero-order valence-corrected chi connectivity index (χ0v) is 12.2. The Kier molecular flexibility index (Phi) is 5.10. The number of allylic oxidation sites excluding steroid dienone is 2. The molecule has 1 aliphatic carbocycles. The monoisotopic (exact) mass is 270 g/mol. The van der Waals surface area contributed by atoms with Gasteiger partial charge in [0.2, 0.25) is 0 Å². The maximum absolute atomic E-state index is 11.9. The summed E-state index contributed by atoms with van der Waals surface area (Å²) in [6, 6.07) is 7.69. The number of hydrazone groups is 1. The zero-order chi connectivity index (χ0) is 14.4.